The minimum absolute atomic E-state index is 0.0219. The van der Waals surface area contributed by atoms with Crippen LogP contribution < -0.4 is 5.32 Å². The molecule has 0 unspecified atom stereocenters. The number of anilines is 1. The summed E-state index contributed by atoms with van der Waals surface area (Å²) in [7, 11) is 3.69. The number of rotatable bonds is 3. The van der Waals surface area contributed by atoms with E-state index in [1.165, 1.54) is 28.3 Å². The maximum atomic E-state index is 13.4. The number of carboxylic acids is 1. The van der Waals surface area contributed by atoms with Crippen LogP contribution >= 0.6 is 11.3 Å². The number of amides is 1. The SMILES string of the molecule is CN1CCc2nc(C(=O)Nc3cc4c(cnn4C)nc3C(F)F)sc2C1.O=C(O)C(F)(F)F. The summed E-state index contributed by atoms with van der Waals surface area (Å²) in [5.74, 6) is -3.26. The second-order valence-corrected chi connectivity index (χ2v) is 8.11. The first-order chi connectivity index (χ1) is 15.4. The topological polar surface area (TPSA) is 113 Å². The second-order valence-electron chi connectivity index (χ2n) is 7.03. The van der Waals surface area contributed by atoms with E-state index < -0.39 is 30.2 Å². The molecule has 9 nitrogen and oxygen atoms in total. The Labute approximate surface area is 186 Å². The summed E-state index contributed by atoms with van der Waals surface area (Å²) in [6, 6.07) is 1.47. The molecule has 3 aromatic heterocycles. The number of pyridine rings is 1. The van der Waals surface area contributed by atoms with Crippen LogP contribution in [0.25, 0.3) is 11.0 Å². The minimum Gasteiger partial charge on any atom is -0.475 e. The quantitative estimate of drug-likeness (QED) is 0.540. The first-order valence-electron chi connectivity index (χ1n) is 9.26. The molecule has 1 aliphatic rings. The standard InChI is InChI=1S/C16H16F2N6OS.C2HF3O2/c1-23-4-3-8-12(7-23)26-16(22-8)15(25)21-9-5-11-10(6-19-24(11)2)20-13(9)14(17)18;3-2(4,5)1(6)7/h5-6,14H,3-4,7H2,1-2H3,(H,21,25);(H,6,7). The Balaban J connectivity index is 0.000000383. The highest BCUT2D eigenvalue weighted by atomic mass is 32.1. The lowest BCUT2D eigenvalue weighted by atomic mass is 10.2. The van der Waals surface area contributed by atoms with Crippen molar-refractivity contribution in [2.75, 3.05) is 18.9 Å². The van der Waals surface area contributed by atoms with Gasteiger partial charge in [0.25, 0.3) is 12.3 Å². The molecule has 4 heterocycles. The Kier molecular flexibility index (Phi) is 6.92. The lowest BCUT2D eigenvalue weighted by Crippen LogP contribution is -2.25. The molecular formula is C18H17F5N6O3S. The number of aromatic nitrogens is 4. The van der Waals surface area contributed by atoms with Crippen LogP contribution in [0.15, 0.2) is 12.3 Å². The van der Waals surface area contributed by atoms with Gasteiger partial charge in [-0.1, -0.05) is 0 Å². The van der Waals surface area contributed by atoms with E-state index in [1.807, 2.05) is 7.05 Å². The van der Waals surface area contributed by atoms with Crippen molar-refractivity contribution in [2.45, 2.75) is 25.6 Å². The van der Waals surface area contributed by atoms with Gasteiger partial charge in [0.1, 0.15) is 11.2 Å². The zero-order valence-corrected chi connectivity index (χ0v) is 18.0. The van der Waals surface area contributed by atoms with Gasteiger partial charge in [-0.3, -0.25) is 9.48 Å². The van der Waals surface area contributed by atoms with Gasteiger partial charge in [-0.05, 0) is 13.1 Å². The molecule has 0 bridgehead atoms. The van der Waals surface area contributed by atoms with Crippen LogP contribution in [0.3, 0.4) is 0 Å². The maximum Gasteiger partial charge on any atom is 0.490 e. The number of nitrogens with one attached hydrogen (secondary N) is 1. The predicted octanol–water partition coefficient (Wildman–Crippen LogP) is 3.24. The molecule has 15 heteroatoms. The Morgan fingerprint density at radius 2 is 1.91 bits per heavy atom. The fourth-order valence-electron chi connectivity index (χ4n) is 2.95. The second kappa shape index (κ2) is 9.35. The summed E-state index contributed by atoms with van der Waals surface area (Å²) in [6.45, 7) is 1.62. The number of halogens is 5. The number of nitrogens with zero attached hydrogens (tertiary/aromatic N) is 5. The summed E-state index contributed by atoms with van der Waals surface area (Å²) in [4.78, 5) is 33.0. The molecule has 33 heavy (non-hydrogen) atoms. The van der Waals surface area contributed by atoms with E-state index in [1.54, 1.807) is 7.05 Å². The van der Waals surface area contributed by atoms with Crippen molar-refractivity contribution in [3.8, 4) is 0 Å². The van der Waals surface area contributed by atoms with E-state index in [2.05, 4.69) is 25.3 Å². The highest BCUT2D eigenvalue weighted by molar-refractivity contribution is 7.13. The lowest BCUT2D eigenvalue weighted by Gasteiger charge is -2.20. The molecule has 4 rings (SSSR count). The monoisotopic (exact) mass is 492 g/mol. The third kappa shape index (κ3) is 5.60. The fourth-order valence-corrected chi connectivity index (χ4v) is 4.04. The number of likely N-dealkylation sites (N-methyl/N-ethyl adjacent to an activating group) is 1. The Morgan fingerprint density at radius 3 is 2.52 bits per heavy atom. The minimum atomic E-state index is -5.08. The molecule has 0 aliphatic carbocycles. The Hall–Kier alpha value is -3.20. The van der Waals surface area contributed by atoms with Gasteiger partial charge in [0.2, 0.25) is 0 Å². The van der Waals surface area contributed by atoms with Crippen molar-refractivity contribution < 1.29 is 36.6 Å². The van der Waals surface area contributed by atoms with Gasteiger partial charge in [0, 0.05) is 31.4 Å². The van der Waals surface area contributed by atoms with Crippen molar-refractivity contribution in [3.63, 3.8) is 0 Å². The van der Waals surface area contributed by atoms with E-state index in [4.69, 9.17) is 9.90 Å². The predicted molar refractivity (Wildman–Crippen MR) is 107 cm³/mol. The first kappa shape index (κ1) is 24.4. The summed E-state index contributed by atoms with van der Waals surface area (Å²) in [5.41, 5.74) is 1.33. The summed E-state index contributed by atoms with van der Waals surface area (Å²) < 4.78 is 60.0. The molecule has 0 spiro atoms. The number of aryl methyl sites for hydroxylation is 1. The average molecular weight is 492 g/mol. The first-order valence-corrected chi connectivity index (χ1v) is 10.1. The Morgan fingerprint density at radius 1 is 1.24 bits per heavy atom. The van der Waals surface area contributed by atoms with Gasteiger partial charge in [0.05, 0.1) is 23.1 Å². The number of aliphatic carboxylic acids is 1. The molecule has 0 saturated carbocycles. The van der Waals surface area contributed by atoms with Crippen LogP contribution in [0, 0.1) is 0 Å². The van der Waals surface area contributed by atoms with Crippen LogP contribution in [-0.4, -0.2) is 61.4 Å². The fraction of sp³-hybridized carbons (Fsp3) is 0.389. The number of carbonyl (C=O) groups is 2. The van der Waals surface area contributed by atoms with Crippen LogP contribution in [0.1, 0.15) is 32.5 Å². The van der Waals surface area contributed by atoms with E-state index >= 15 is 0 Å². The third-order valence-electron chi connectivity index (χ3n) is 4.58. The zero-order chi connectivity index (χ0) is 24.5. The van der Waals surface area contributed by atoms with E-state index in [0.29, 0.717) is 11.0 Å². The van der Waals surface area contributed by atoms with Crippen molar-refractivity contribution in [3.05, 3.63) is 33.5 Å². The highest BCUT2D eigenvalue weighted by Gasteiger charge is 2.38. The number of thiazole rings is 1. The van der Waals surface area contributed by atoms with Gasteiger partial charge < -0.3 is 15.3 Å². The summed E-state index contributed by atoms with van der Waals surface area (Å²) >= 11 is 1.30. The number of carboxylic acid groups (broad SMARTS) is 1. The van der Waals surface area contributed by atoms with Gasteiger partial charge in [-0.15, -0.1) is 11.3 Å². The third-order valence-corrected chi connectivity index (χ3v) is 5.66. The zero-order valence-electron chi connectivity index (χ0n) is 17.2. The number of hydrogen-bond donors (Lipinski definition) is 2. The van der Waals surface area contributed by atoms with Crippen LogP contribution in [-0.2, 0) is 24.8 Å². The van der Waals surface area contributed by atoms with Crippen molar-refractivity contribution in [1.29, 1.82) is 0 Å². The lowest BCUT2D eigenvalue weighted by molar-refractivity contribution is -0.192. The molecule has 1 aliphatic heterocycles. The molecule has 178 valence electrons. The van der Waals surface area contributed by atoms with E-state index in [-0.39, 0.29) is 10.7 Å². The number of carbonyl (C=O) groups excluding carboxylic acids is 1. The van der Waals surface area contributed by atoms with Crippen molar-refractivity contribution in [2.24, 2.45) is 7.05 Å². The molecule has 0 radical (unpaired) electrons. The van der Waals surface area contributed by atoms with E-state index in [9.17, 15) is 26.7 Å². The van der Waals surface area contributed by atoms with Crippen LogP contribution in [0.5, 0.6) is 0 Å². The highest BCUT2D eigenvalue weighted by Crippen LogP contribution is 2.30. The van der Waals surface area contributed by atoms with Crippen LogP contribution in [0.4, 0.5) is 27.6 Å². The molecule has 2 N–H and O–H groups in total. The summed E-state index contributed by atoms with van der Waals surface area (Å²) in [5, 5.41) is 14.0. The summed E-state index contributed by atoms with van der Waals surface area (Å²) in [6.07, 6.45) is -5.70. The van der Waals surface area contributed by atoms with Gasteiger partial charge >= 0.3 is 12.1 Å². The van der Waals surface area contributed by atoms with Gasteiger partial charge in [-0.25, -0.2) is 23.5 Å². The molecule has 3 aromatic rings. The van der Waals surface area contributed by atoms with Gasteiger partial charge in [0.15, 0.2) is 5.01 Å². The van der Waals surface area contributed by atoms with E-state index in [0.717, 1.165) is 30.1 Å². The normalized spacial score (nSPS) is 14.1. The number of fused-ring (bicyclic) bond motifs is 2. The molecule has 1 amide bonds. The van der Waals surface area contributed by atoms with Crippen molar-refractivity contribution in [1.82, 2.24) is 24.6 Å². The molecule has 0 fully saturated rings. The average Bonchev–Trinajstić information content (AvgIpc) is 3.30. The van der Waals surface area contributed by atoms with Crippen molar-refractivity contribution >= 4 is 39.9 Å². The molecule has 0 atom stereocenters. The Bertz CT molecular complexity index is 1190. The van der Waals surface area contributed by atoms with Crippen LogP contribution in [0.2, 0.25) is 0 Å². The number of alkyl halides is 5. The maximum absolute atomic E-state index is 13.4. The largest absolute Gasteiger partial charge is 0.490 e. The molecule has 0 saturated heterocycles. The molecular weight excluding hydrogens is 475 g/mol. The van der Waals surface area contributed by atoms with Gasteiger partial charge in [-0.2, -0.15) is 18.3 Å². The molecule has 0 aromatic carbocycles. The smallest absolute Gasteiger partial charge is 0.475 e. The number of hydrogen-bond acceptors (Lipinski definition) is 7.